The van der Waals surface area contributed by atoms with Crippen LogP contribution >= 0.6 is 0 Å². The molecule has 0 radical (unpaired) electrons. The number of phenols is 2. The van der Waals surface area contributed by atoms with E-state index in [1.54, 1.807) is 49.4 Å². The second-order valence-electron chi connectivity index (χ2n) is 10.2. The molecule has 13 heteroatoms. The number of hydrogen-bond donors (Lipinski definition) is 3. The van der Waals surface area contributed by atoms with Gasteiger partial charge in [-0.15, -0.1) is 20.5 Å². The van der Waals surface area contributed by atoms with E-state index >= 15 is 0 Å². The zero-order valence-corrected chi connectivity index (χ0v) is 25.1. The van der Waals surface area contributed by atoms with Crippen LogP contribution in [0, 0.1) is 6.92 Å². The summed E-state index contributed by atoms with van der Waals surface area (Å²) in [6, 6.07) is 23.6. The van der Waals surface area contributed by atoms with Crippen LogP contribution in [0.4, 0.5) is 22.7 Å². The zero-order chi connectivity index (χ0) is 32.1. The fraction of sp³-hybridized carbons (Fsp3) is 0.0312. The highest BCUT2D eigenvalue weighted by Crippen LogP contribution is 2.46. The van der Waals surface area contributed by atoms with Crippen LogP contribution in [-0.2, 0) is 19.9 Å². The lowest BCUT2D eigenvalue weighted by Gasteiger charge is -2.13. The Morgan fingerprint density at radius 2 is 1.33 bits per heavy atom. The first kappa shape index (κ1) is 29.8. The summed E-state index contributed by atoms with van der Waals surface area (Å²) in [6.45, 7) is 1.65. The van der Waals surface area contributed by atoms with Crippen molar-refractivity contribution in [3.05, 3.63) is 96.6 Å². The molecule has 0 heterocycles. The van der Waals surface area contributed by atoms with Gasteiger partial charge < -0.3 is 19.3 Å². The van der Waals surface area contributed by atoms with Crippen LogP contribution < -0.4 is 0 Å². The summed E-state index contributed by atoms with van der Waals surface area (Å²) < 4.78 is 58.2. The molecule has 3 N–H and O–H groups in total. The Balaban J connectivity index is 1.54. The number of rotatable bonds is 6. The number of hydrogen-bond acceptors (Lipinski definition) is 10. The lowest BCUT2D eigenvalue weighted by molar-refractivity contribution is 0.464. The van der Waals surface area contributed by atoms with Gasteiger partial charge in [-0.25, -0.2) is 12.6 Å². The number of nitrogens with zero attached hydrogens (tertiary/aromatic N) is 4. The maximum atomic E-state index is 12.6. The van der Waals surface area contributed by atoms with Crippen LogP contribution in [0.2, 0.25) is 0 Å². The van der Waals surface area contributed by atoms with E-state index in [0.29, 0.717) is 21.7 Å². The number of phenolic OH excluding ortho intramolecular Hbond substituents is 2. The smallest absolute Gasteiger partial charge is 0.153 e. The largest absolute Gasteiger partial charge is 0.744 e. The number of benzene rings is 6. The van der Waals surface area contributed by atoms with Gasteiger partial charge in [-0.05, 0) is 65.5 Å². The van der Waals surface area contributed by atoms with Gasteiger partial charge in [0.2, 0.25) is 0 Å². The second kappa shape index (κ2) is 11.1. The molecule has 6 aromatic rings. The van der Waals surface area contributed by atoms with Crippen LogP contribution in [-0.4, -0.2) is 37.8 Å². The lowest BCUT2D eigenvalue weighted by Crippen LogP contribution is -1.99. The van der Waals surface area contributed by atoms with Gasteiger partial charge in [-0.1, -0.05) is 54.6 Å². The van der Waals surface area contributed by atoms with Gasteiger partial charge in [-0.3, -0.25) is 0 Å². The minimum absolute atomic E-state index is 0.00432. The molecule has 0 aliphatic heterocycles. The molecule has 0 fully saturated rings. The summed E-state index contributed by atoms with van der Waals surface area (Å²) in [5.41, 5.74) is 0.906. The van der Waals surface area contributed by atoms with E-state index in [4.69, 9.17) is 0 Å². The SMILES string of the molecule is C=S(=O)(O)c1cc(N=Nc2c(O)ccc3ccccc23)c2c(O)c(N=Nc3ccc(S(=O)(=O)[O-])c4ccccc34)c(C)cc2c1. The maximum absolute atomic E-state index is 12.6. The normalized spacial score (nSPS) is 13.8. The lowest BCUT2D eigenvalue weighted by atomic mass is 10.0. The van der Waals surface area contributed by atoms with E-state index in [2.05, 4.69) is 26.3 Å². The predicted molar refractivity (Wildman–Crippen MR) is 172 cm³/mol. The molecule has 6 rings (SSSR count). The van der Waals surface area contributed by atoms with Gasteiger partial charge in [0.15, 0.2) is 5.75 Å². The minimum atomic E-state index is -4.75. The van der Waals surface area contributed by atoms with E-state index in [0.717, 1.165) is 11.5 Å². The van der Waals surface area contributed by atoms with Gasteiger partial charge in [0.25, 0.3) is 0 Å². The number of azo groups is 2. The fourth-order valence-electron chi connectivity index (χ4n) is 5.11. The average molecular weight is 640 g/mol. The Morgan fingerprint density at radius 3 is 2.04 bits per heavy atom. The molecule has 0 bridgehead atoms. The molecular formula is C32H23N4O7S2-. The number of aryl methyl sites for hydroxylation is 1. The molecule has 1 atom stereocenters. The van der Waals surface area contributed by atoms with Gasteiger partial charge in [0.05, 0.1) is 26.6 Å². The van der Waals surface area contributed by atoms with E-state index in [1.807, 2.05) is 12.1 Å². The quantitative estimate of drug-likeness (QED) is 0.0932. The van der Waals surface area contributed by atoms with Gasteiger partial charge in [0, 0.05) is 16.2 Å². The van der Waals surface area contributed by atoms with Crippen molar-refractivity contribution in [1.82, 2.24) is 0 Å². The third-order valence-corrected chi connectivity index (χ3v) is 9.09. The minimum Gasteiger partial charge on any atom is -0.744 e. The maximum Gasteiger partial charge on any atom is 0.153 e. The fourth-order valence-corrected chi connectivity index (χ4v) is 6.40. The van der Waals surface area contributed by atoms with Crippen molar-refractivity contribution in [2.45, 2.75) is 16.7 Å². The van der Waals surface area contributed by atoms with Crippen LogP contribution in [0.5, 0.6) is 11.5 Å². The van der Waals surface area contributed by atoms with Crippen LogP contribution in [0.3, 0.4) is 0 Å². The first-order valence-corrected chi connectivity index (χ1v) is 16.3. The molecule has 11 nitrogen and oxygen atoms in total. The molecule has 6 aromatic carbocycles. The average Bonchev–Trinajstić information content (AvgIpc) is 2.99. The molecule has 0 aromatic heterocycles. The van der Waals surface area contributed by atoms with Crippen LogP contribution in [0.25, 0.3) is 32.3 Å². The summed E-state index contributed by atoms with van der Waals surface area (Å²) in [5.74, 6) is 2.86. The zero-order valence-electron chi connectivity index (χ0n) is 23.4. The Kier molecular flexibility index (Phi) is 7.33. The molecule has 0 spiro atoms. The molecule has 1 unspecified atom stereocenters. The van der Waals surface area contributed by atoms with Crippen molar-refractivity contribution in [2.24, 2.45) is 20.5 Å². The Bertz CT molecular complexity index is 2480. The summed E-state index contributed by atoms with van der Waals surface area (Å²) in [5, 5.41) is 41.6. The summed E-state index contributed by atoms with van der Waals surface area (Å²) >= 11 is 0. The standard InChI is InChI=1S/C32H24N4O7S2/c1-18-15-20-16-21(44(2,39)40)17-26(34-36-31-22-8-4-3-7-19(22)11-13-27(31)37)29(20)32(38)30(18)35-33-25-12-14-28(45(41,42)43)24-10-6-5-9-23(24)25/h3-17,37-38H,2H2,1H3,(H,39,40)(H,41,42,43)/p-1. The van der Waals surface area contributed by atoms with Crippen molar-refractivity contribution >= 4 is 80.9 Å². The first-order valence-electron chi connectivity index (χ1n) is 13.2. The third kappa shape index (κ3) is 5.60. The summed E-state index contributed by atoms with van der Waals surface area (Å²) in [6.07, 6.45) is 0. The molecule has 226 valence electrons. The van der Waals surface area contributed by atoms with Crippen LogP contribution in [0.15, 0.2) is 121 Å². The van der Waals surface area contributed by atoms with Crippen molar-refractivity contribution in [2.75, 3.05) is 0 Å². The monoisotopic (exact) mass is 639 g/mol. The molecule has 0 aliphatic carbocycles. The van der Waals surface area contributed by atoms with E-state index in [9.17, 15) is 31.9 Å². The Hall–Kier alpha value is -5.21. The topological polar surface area (TPSA) is 184 Å². The predicted octanol–water partition coefficient (Wildman–Crippen LogP) is 8.15. The van der Waals surface area contributed by atoms with E-state index < -0.39 is 24.8 Å². The van der Waals surface area contributed by atoms with E-state index in [-0.39, 0.29) is 49.9 Å². The highest BCUT2D eigenvalue weighted by Gasteiger charge is 2.18. The first-order chi connectivity index (χ1) is 21.3. The molecule has 0 amide bonds. The molecular weight excluding hydrogens is 617 g/mol. The van der Waals surface area contributed by atoms with Crippen molar-refractivity contribution in [1.29, 1.82) is 0 Å². The second-order valence-corrected chi connectivity index (χ2v) is 13.3. The van der Waals surface area contributed by atoms with Gasteiger partial charge in [0.1, 0.15) is 37.0 Å². The highest BCUT2D eigenvalue weighted by atomic mass is 32.2. The third-order valence-electron chi connectivity index (χ3n) is 7.22. The van der Waals surface area contributed by atoms with Crippen molar-refractivity contribution < 1.29 is 31.9 Å². The highest BCUT2D eigenvalue weighted by molar-refractivity contribution is 7.95. The van der Waals surface area contributed by atoms with Crippen LogP contribution in [0.1, 0.15) is 5.56 Å². The Morgan fingerprint density at radius 1 is 0.689 bits per heavy atom. The molecule has 0 saturated heterocycles. The number of aromatic hydroxyl groups is 2. The Labute approximate surface area is 257 Å². The summed E-state index contributed by atoms with van der Waals surface area (Å²) in [4.78, 5) is -0.449. The summed E-state index contributed by atoms with van der Waals surface area (Å²) in [7, 11) is -8.45. The number of fused-ring (bicyclic) bond motifs is 3. The van der Waals surface area contributed by atoms with Crippen molar-refractivity contribution in [3.8, 4) is 11.5 Å². The molecule has 0 aliphatic rings. The van der Waals surface area contributed by atoms with Gasteiger partial charge >= 0.3 is 0 Å². The van der Waals surface area contributed by atoms with E-state index in [1.165, 1.54) is 30.3 Å². The molecule has 45 heavy (non-hydrogen) atoms. The van der Waals surface area contributed by atoms with Gasteiger partial charge in [-0.2, -0.15) is 0 Å². The van der Waals surface area contributed by atoms with Crippen molar-refractivity contribution in [3.63, 3.8) is 0 Å². The molecule has 0 saturated carbocycles.